The molecule has 2 aromatic heterocycles. The van der Waals surface area contributed by atoms with Crippen molar-refractivity contribution < 1.29 is 22.8 Å². The van der Waals surface area contributed by atoms with Gasteiger partial charge in [0.2, 0.25) is 0 Å². The highest BCUT2D eigenvalue weighted by Crippen LogP contribution is 2.31. The number of allylic oxidation sites excluding steroid dienone is 3. The van der Waals surface area contributed by atoms with Crippen LogP contribution in [0, 0.1) is 6.92 Å². The number of hydrogen-bond acceptors (Lipinski definition) is 5. The maximum absolute atomic E-state index is 13.4. The van der Waals surface area contributed by atoms with Gasteiger partial charge >= 0.3 is 6.18 Å². The highest BCUT2D eigenvalue weighted by Gasteiger charge is 2.30. The molecule has 0 spiro atoms. The third-order valence-electron chi connectivity index (χ3n) is 6.44. The fourth-order valence-corrected chi connectivity index (χ4v) is 4.13. The number of hydrogen-bond donors (Lipinski definition) is 1. The van der Waals surface area contributed by atoms with Crippen molar-refractivity contribution in [3.05, 3.63) is 119 Å². The predicted molar refractivity (Wildman–Crippen MR) is 149 cm³/mol. The molecule has 2 atom stereocenters. The molecule has 9 heteroatoms. The summed E-state index contributed by atoms with van der Waals surface area (Å²) in [6.07, 6.45) is 2.89. The number of nitrogens with one attached hydrogen (secondary N) is 1. The zero-order chi connectivity index (χ0) is 28.9. The molecule has 0 fully saturated rings. The van der Waals surface area contributed by atoms with Crippen molar-refractivity contribution in [2.24, 2.45) is 5.16 Å². The second-order valence-electron chi connectivity index (χ2n) is 9.45. The Morgan fingerprint density at radius 1 is 1.12 bits per heavy atom. The van der Waals surface area contributed by atoms with Crippen molar-refractivity contribution in [3.8, 4) is 11.3 Å². The van der Waals surface area contributed by atoms with Gasteiger partial charge in [0.1, 0.15) is 0 Å². The zero-order valence-corrected chi connectivity index (χ0v) is 22.4. The van der Waals surface area contributed by atoms with E-state index in [1.54, 1.807) is 44.4 Å². The third kappa shape index (κ3) is 6.91. The Hall–Kier alpha value is -4.53. The number of nitrogens with zero attached hydrogens (tertiary/aromatic N) is 3. The van der Waals surface area contributed by atoms with E-state index in [-0.39, 0.29) is 6.10 Å². The first kappa shape index (κ1) is 28.5. The molecule has 40 heavy (non-hydrogen) atoms. The van der Waals surface area contributed by atoms with Gasteiger partial charge in [0.05, 0.1) is 23.1 Å². The Morgan fingerprint density at radius 3 is 2.55 bits per heavy atom. The fourth-order valence-electron chi connectivity index (χ4n) is 4.13. The van der Waals surface area contributed by atoms with Crippen LogP contribution in [0.15, 0.2) is 102 Å². The van der Waals surface area contributed by atoms with E-state index >= 15 is 0 Å². The molecule has 0 unspecified atom stereocenters. The van der Waals surface area contributed by atoms with Crippen LogP contribution in [-0.2, 0) is 4.84 Å². The quantitative estimate of drug-likeness (QED) is 0.307. The first-order valence-electron chi connectivity index (χ1n) is 12.7. The van der Waals surface area contributed by atoms with Gasteiger partial charge in [0.25, 0.3) is 5.91 Å². The molecule has 1 N–H and O–H groups in total. The van der Waals surface area contributed by atoms with Crippen molar-refractivity contribution in [2.45, 2.75) is 45.5 Å². The summed E-state index contributed by atoms with van der Waals surface area (Å²) in [5, 5.41) is 7.16. The molecule has 3 heterocycles. The largest absolute Gasteiger partial charge is 0.415 e. The highest BCUT2D eigenvalue weighted by molar-refractivity contribution is 6.05. The number of carbonyl (C=O) groups is 1. The molecule has 0 aliphatic carbocycles. The molecule has 206 valence electrons. The summed E-state index contributed by atoms with van der Waals surface area (Å²) in [7, 11) is 0. The standard InChI is InChI=1S/C31H29F3N4O2/c1-5-22(11-10-20(3)31(32,33)34)21(4)37-30(39)25-15-23(26-12-9-19(2)18-36-26)14-24(16-25)28-17-29(40-38-28)27-8-6-7-13-35-27/h5-16,18,21,29H,3,17H2,1-2,4H3,(H,37,39)/b11-10-,22-5+/t21-,29+/m1/s1. The minimum atomic E-state index is -4.52. The molecule has 1 amide bonds. The van der Waals surface area contributed by atoms with Crippen molar-refractivity contribution in [1.29, 1.82) is 0 Å². The number of benzene rings is 1. The number of carbonyl (C=O) groups excluding carboxylic acids is 1. The summed E-state index contributed by atoms with van der Waals surface area (Å²) in [4.78, 5) is 27.9. The van der Waals surface area contributed by atoms with Gasteiger partial charge in [-0.3, -0.25) is 14.8 Å². The Kier molecular flexibility index (Phi) is 8.62. The van der Waals surface area contributed by atoms with Crippen LogP contribution < -0.4 is 5.32 Å². The van der Waals surface area contributed by atoms with Gasteiger partial charge in [-0.15, -0.1) is 0 Å². The van der Waals surface area contributed by atoms with Gasteiger partial charge in [0, 0.05) is 41.1 Å². The minimum absolute atomic E-state index is 0.342. The van der Waals surface area contributed by atoms with E-state index in [0.717, 1.165) is 17.3 Å². The Balaban J connectivity index is 1.61. The molecule has 0 saturated heterocycles. The first-order valence-corrected chi connectivity index (χ1v) is 12.7. The van der Waals surface area contributed by atoms with Crippen LogP contribution in [-0.4, -0.2) is 33.8 Å². The van der Waals surface area contributed by atoms with E-state index in [1.807, 2.05) is 43.3 Å². The average Bonchev–Trinajstić information content (AvgIpc) is 3.44. The maximum atomic E-state index is 13.4. The molecule has 1 aromatic carbocycles. The van der Waals surface area contributed by atoms with Crippen LogP contribution in [0.4, 0.5) is 13.2 Å². The highest BCUT2D eigenvalue weighted by atomic mass is 19.4. The Morgan fingerprint density at radius 2 is 1.90 bits per heavy atom. The lowest BCUT2D eigenvalue weighted by molar-refractivity contribution is -0.0878. The van der Waals surface area contributed by atoms with Gasteiger partial charge in [-0.05, 0) is 68.3 Å². The van der Waals surface area contributed by atoms with Gasteiger partial charge in [-0.25, -0.2) is 0 Å². The Bertz CT molecular complexity index is 1480. The average molecular weight is 547 g/mol. The lowest BCUT2D eigenvalue weighted by atomic mass is 9.96. The number of oxime groups is 1. The molecule has 1 aliphatic rings. The van der Waals surface area contributed by atoms with Crippen LogP contribution in [0.3, 0.4) is 0 Å². The number of aromatic nitrogens is 2. The zero-order valence-electron chi connectivity index (χ0n) is 22.4. The fraction of sp³-hybridized carbons (Fsp3) is 0.226. The van der Waals surface area contributed by atoms with E-state index in [2.05, 4.69) is 27.0 Å². The lowest BCUT2D eigenvalue weighted by Gasteiger charge is -2.17. The lowest BCUT2D eigenvalue weighted by Crippen LogP contribution is -2.33. The molecule has 1 aliphatic heterocycles. The summed E-state index contributed by atoms with van der Waals surface area (Å²) in [5.41, 5.74) is 4.38. The van der Waals surface area contributed by atoms with Crippen LogP contribution in [0.2, 0.25) is 0 Å². The summed E-state index contributed by atoms with van der Waals surface area (Å²) in [6, 6.07) is 14.2. The number of halogens is 3. The molecule has 0 bridgehead atoms. The molecule has 0 saturated carbocycles. The van der Waals surface area contributed by atoms with Crippen molar-refractivity contribution in [2.75, 3.05) is 0 Å². The van der Waals surface area contributed by atoms with Gasteiger partial charge < -0.3 is 10.2 Å². The van der Waals surface area contributed by atoms with E-state index < -0.39 is 23.7 Å². The van der Waals surface area contributed by atoms with E-state index in [9.17, 15) is 18.0 Å². The molecule has 0 radical (unpaired) electrons. The number of aryl methyl sites for hydroxylation is 1. The minimum Gasteiger partial charge on any atom is -0.385 e. The molecule has 4 rings (SSSR count). The molecule has 3 aromatic rings. The van der Waals surface area contributed by atoms with Crippen LogP contribution in [0.1, 0.15) is 53.6 Å². The molecular formula is C31H29F3N4O2. The molecular weight excluding hydrogens is 517 g/mol. The smallest absolute Gasteiger partial charge is 0.385 e. The monoisotopic (exact) mass is 546 g/mol. The predicted octanol–water partition coefficient (Wildman–Crippen LogP) is 7.06. The van der Waals surface area contributed by atoms with Crippen LogP contribution in [0.25, 0.3) is 11.3 Å². The van der Waals surface area contributed by atoms with Crippen molar-refractivity contribution in [1.82, 2.24) is 15.3 Å². The number of pyridine rings is 2. The normalized spacial score (nSPS) is 16.4. The van der Waals surface area contributed by atoms with Crippen LogP contribution in [0.5, 0.6) is 0 Å². The first-order chi connectivity index (χ1) is 19.0. The second-order valence-corrected chi connectivity index (χ2v) is 9.45. The second kappa shape index (κ2) is 12.1. The number of rotatable bonds is 8. The maximum Gasteiger partial charge on any atom is 0.415 e. The summed E-state index contributed by atoms with van der Waals surface area (Å²) in [6.45, 7) is 8.39. The van der Waals surface area contributed by atoms with Crippen LogP contribution >= 0.6 is 0 Å². The van der Waals surface area contributed by atoms with Gasteiger partial charge in [0.15, 0.2) is 6.10 Å². The summed E-state index contributed by atoms with van der Waals surface area (Å²) >= 11 is 0. The van der Waals surface area contributed by atoms with E-state index in [0.29, 0.717) is 40.1 Å². The molecule has 6 nitrogen and oxygen atoms in total. The number of amides is 1. The van der Waals surface area contributed by atoms with E-state index in [4.69, 9.17) is 4.84 Å². The summed E-state index contributed by atoms with van der Waals surface area (Å²) < 4.78 is 38.6. The van der Waals surface area contributed by atoms with Gasteiger partial charge in [-0.1, -0.05) is 42.1 Å². The third-order valence-corrected chi connectivity index (χ3v) is 6.44. The number of alkyl halides is 3. The van der Waals surface area contributed by atoms with Crippen molar-refractivity contribution in [3.63, 3.8) is 0 Å². The van der Waals surface area contributed by atoms with Gasteiger partial charge in [-0.2, -0.15) is 13.2 Å². The van der Waals surface area contributed by atoms with E-state index in [1.165, 1.54) is 6.08 Å². The topological polar surface area (TPSA) is 76.5 Å². The Labute approximate surface area is 231 Å². The summed E-state index contributed by atoms with van der Waals surface area (Å²) in [5.74, 6) is -0.397. The van der Waals surface area contributed by atoms with Crippen molar-refractivity contribution >= 4 is 11.6 Å². The SMILES string of the molecule is C=C(/C=C\C(=C/C)[C@@H](C)NC(=O)c1cc(C2=NO[C@H](c3ccccn3)C2)cc(-c2ccc(C)cn2)c1)C(F)(F)F.